The maximum absolute atomic E-state index is 12.6. The molecule has 266 valence electrons. The fraction of sp³-hybridized carbons (Fsp3) is 0.576. The topological polar surface area (TPSA) is 135 Å². The number of rotatable bonds is 6. The van der Waals surface area contributed by atoms with Crippen LogP contribution in [0.25, 0.3) is 0 Å². The monoisotopic (exact) mass is 750 g/mol. The van der Waals surface area contributed by atoms with Crippen molar-refractivity contribution in [2.24, 2.45) is 0 Å². The molecule has 2 unspecified atom stereocenters. The summed E-state index contributed by atoms with van der Waals surface area (Å²) in [5, 5.41) is 7.91. The maximum atomic E-state index is 12.6. The number of para-hydroxylation sites is 1. The van der Waals surface area contributed by atoms with Crippen molar-refractivity contribution in [1.82, 2.24) is 19.9 Å². The van der Waals surface area contributed by atoms with E-state index in [1.165, 1.54) is 0 Å². The lowest BCUT2D eigenvalue weighted by atomic mass is 10.1. The summed E-state index contributed by atoms with van der Waals surface area (Å²) < 4.78 is 35.3. The van der Waals surface area contributed by atoms with Crippen LogP contribution in [0.2, 0.25) is 10.3 Å². The molecular weight excluding hydrogens is 707 g/mol. The number of benzene rings is 1. The van der Waals surface area contributed by atoms with E-state index in [0.717, 1.165) is 128 Å². The summed E-state index contributed by atoms with van der Waals surface area (Å²) in [5.74, 6) is 3.39. The predicted octanol–water partition coefficient (Wildman–Crippen LogP) is 4.73. The molecule has 3 aromatic rings. The van der Waals surface area contributed by atoms with Crippen LogP contribution in [0, 0.1) is 0 Å². The van der Waals surface area contributed by atoms with Gasteiger partial charge in [-0.25, -0.2) is 9.97 Å². The second kappa shape index (κ2) is 16.6. The Labute approximate surface area is 303 Å². The number of hydrogen-bond acceptors (Lipinski definition) is 12. The van der Waals surface area contributed by atoms with Gasteiger partial charge >= 0.3 is 0 Å². The molecule has 16 heteroatoms. The van der Waals surface area contributed by atoms with Gasteiger partial charge in [0.25, 0.3) is 0 Å². The number of nitrogens with one attached hydrogen (secondary N) is 2. The summed E-state index contributed by atoms with van der Waals surface area (Å²) in [6.07, 6.45) is 5.22. The van der Waals surface area contributed by atoms with Crippen LogP contribution < -0.4 is 20.4 Å². The zero-order chi connectivity index (χ0) is 33.0. The minimum Gasteiger partial charge on any atom is -0.381 e. The van der Waals surface area contributed by atoms with E-state index >= 15 is 0 Å². The van der Waals surface area contributed by atoms with Gasteiger partial charge in [0.15, 0.2) is 0 Å². The van der Waals surface area contributed by atoms with Crippen LogP contribution in [0.15, 0.2) is 34.1 Å². The zero-order valence-corrected chi connectivity index (χ0v) is 29.8. The largest absolute Gasteiger partial charge is 0.381 e. The first kappa shape index (κ1) is 36.2. The minimum atomic E-state index is -1.02. The fourth-order valence-electron chi connectivity index (χ4n) is 6.61. The summed E-state index contributed by atoms with van der Waals surface area (Å²) in [4.78, 5) is 24.1. The van der Waals surface area contributed by atoms with Crippen molar-refractivity contribution >= 4 is 68.1 Å². The standard InChI is InChI=1S/C21H26ClN5O2S.C11H14ClN3O2S.CH4/c22-16-3-1-2-4-18(16)26-8-10-27(11-9-26)21-24-17-7-14-30(28)19(17)20(25-21)23-15-5-12-29-13-6-15;12-11-14-8-3-6-18(16)9(8)10(15-11)13-7-1-4-17-5-2-7;/h1-4,15H,5-14H2,(H,23,24,25);7H,1-6H2,(H,13,14,15);1H4. The Morgan fingerprint density at radius 3 is 1.78 bits per heavy atom. The molecule has 7 heterocycles. The van der Waals surface area contributed by atoms with Gasteiger partial charge in [0.2, 0.25) is 11.2 Å². The van der Waals surface area contributed by atoms with Crippen LogP contribution in [0.1, 0.15) is 44.5 Å². The molecule has 0 bridgehead atoms. The molecule has 3 fully saturated rings. The second-order valence-electron chi connectivity index (χ2n) is 12.4. The summed E-state index contributed by atoms with van der Waals surface area (Å²) in [6, 6.07) is 8.59. The molecule has 0 amide bonds. The highest BCUT2D eigenvalue weighted by Crippen LogP contribution is 2.33. The Morgan fingerprint density at radius 2 is 1.20 bits per heavy atom. The highest BCUT2D eigenvalue weighted by atomic mass is 35.5. The lowest BCUT2D eigenvalue weighted by Gasteiger charge is -2.36. The average molecular weight is 752 g/mol. The first-order valence-corrected chi connectivity index (χ1v) is 20.0. The highest BCUT2D eigenvalue weighted by molar-refractivity contribution is 7.85. The summed E-state index contributed by atoms with van der Waals surface area (Å²) in [6.45, 7) is 6.38. The third kappa shape index (κ3) is 8.48. The number of piperazine rings is 1. The van der Waals surface area contributed by atoms with E-state index in [1.807, 2.05) is 18.2 Å². The van der Waals surface area contributed by atoms with Crippen molar-refractivity contribution in [1.29, 1.82) is 0 Å². The van der Waals surface area contributed by atoms with Crippen LogP contribution in [-0.4, -0.2) is 105 Å². The van der Waals surface area contributed by atoms with Gasteiger partial charge in [-0.3, -0.25) is 8.42 Å². The third-order valence-electron chi connectivity index (χ3n) is 9.22. The number of halogens is 2. The van der Waals surface area contributed by atoms with Gasteiger partial charge in [0, 0.05) is 89.0 Å². The average Bonchev–Trinajstić information content (AvgIpc) is 3.68. The van der Waals surface area contributed by atoms with E-state index in [-0.39, 0.29) is 12.7 Å². The molecule has 1 aromatic carbocycles. The summed E-state index contributed by atoms with van der Waals surface area (Å²) >= 11 is 12.3. The Bertz CT molecular complexity index is 1670. The van der Waals surface area contributed by atoms with Crippen molar-refractivity contribution in [3.63, 3.8) is 0 Å². The summed E-state index contributed by atoms with van der Waals surface area (Å²) in [5.41, 5.74) is 2.83. The molecule has 2 aromatic heterocycles. The van der Waals surface area contributed by atoms with E-state index in [9.17, 15) is 8.42 Å². The van der Waals surface area contributed by atoms with Crippen molar-refractivity contribution in [2.75, 3.05) is 84.5 Å². The molecule has 12 nitrogen and oxygen atoms in total. The maximum Gasteiger partial charge on any atom is 0.227 e. The van der Waals surface area contributed by atoms with Crippen LogP contribution in [0.3, 0.4) is 0 Å². The molecule has 0 aliphatic carbocycles. The number of fused-ring (bicyclic) bond motifs is 2. The number of aromatic nitrogens is 4. The normalized spacial score (nSPS) is 22.4. The van der Waals surface area contributed by atoms with Crippen LogP contribution >= 0.6 is 23.2 Å². The molecule has 2 atom stereocenters. The SMILES string of the molecule is C.O=S1CCc2nc(Cl)nc(NC3CCOCC3)c21.O=S1CCc2nc(N3CCN(c4ccccc4Cl)CC3)nc(NC3CCOCC3)c21. The van der Waals surface area contributed by atoms with Crippen LogP contribution in [0.5, 0.6) is 0 Å². The Balaban J connectivity index is 0.000000188. The van der Waals surface area contributed by atoms with Crippen molar-refractivity contribution in [3.05, 3.63) is 46.0 Å². The van der Waals surface area contributed by atoms with Crippen molar-refractivity contribution in [2.45, 2.75) is 67.8 Å². The van der Waals surface area contributed by atoms with Crippen molar-refractivity contribution in [3.8, 4) is 0 Å². The van der Waals surface area contributed by atoms with Crippen molar-refractivity contribution < 1.29 is 17.9 Å². The van der Waals surface area contributed by atoms with E-state index in [2.05, 4.69) is 36.5 Å². The van der Waals surface area contributed by atoms with E-state index < -0.39 is 21.6 Å². The Kier molecular flexibility index (Phi) is 12.3. The molecule has 3 saturated heterocycles. The number of aryl methyl sites for hydroxylation is 2. The first-order chi connectivity index (χ1) is 23.4. The molecule has 0 radical (unpaired) electrons. The lowest BCUT2D eigenvalue weighted by molar-refractivity contribution is 0.0902. The zero-order valence-electron chi connectivity index (χ0n) is 26.7. The van der Waals surface area contributed by atoms with Gasteiger partial charge in [-0.2, -0.15) is 9.97 Å². The van der Waals surface area contributed by atoms with Gasteiger partial charge in [0.05, 0.1) is 43.7 Å². The number of hydrogen-bond donors (Lipinski definition) is 2. The highest BCUT2D eigenvalue weighted by Gasteiger charge is 2.30. The lowest BCUT2D eigenvalue weighted by Crippen LogP contribution is -2.47. The van der Waals surface area contributed by atoms with Gasteiger partial charge in [-0.15, -0.1) is 0 Å². The molecule has 8 rings (SSSR count). The van der Waals surface area contributed by atoms with Gasteiger partial charge in [-0.05, 0) is 49.4 Å². The number of ether oxygens (including phenoxy) is 2. The second-order valence-corrected chi connectivity index (χ2v) is 16.1. The van der Waals surface area contributed by atoms with E-state index in [4.69, 9.17) is 42.6 Å². The number of nitrogens with zero attached hydrogens (tertiary/aromatic N) is 6. The van der Waals surface area contributed by atoms with E-state index in [0.29, 0.717) is 35.8 Å². The number of anilines is 4. The van der Waals surface area contributed by atoms with Crippen LogP contribution in [0.4, 0.5) is 23.3 Å². The summed E-state index contributed by atoms with van der Waals surface area (Å²) in [7, 11) is -2.02. The smallest absolute Gasteiger partial charge is 0.227 e. The van der Waals surface area contributed by atoms with Crippen LogP contribution in [-0.2, 0) is 43.9 Å². The van der Waals surface area contributed by atoms with Gasteiger partial charge in [-0.1, -0.05) is 31.2 Å². The molecular formula is C33H44Cl2N8O4S2. The Morgan fingerprint density at radius 1 is 0.694 bits per heavy atom. The molecule has 2 N–H and O–H groups in total. The predicted molar refractivity (Wildman–Crippen MR) is 197 cm³/mol. The molecule has 5 aliphatic rings. The fourth-order valence-corrected chi connectivity index (χ4v) is 9.68. The molecule has 0 saturated carbocycles. The van der Waals surface area contributed by atoms with Gasteiger partial charge in [0.1, 0.15) is 21.4 Å². The van der Waals surface area contributed by atoms with Gasteiger partial charge < -0.3 is 29.9 Å². The minimum absolute atomic E-state index is 0. The Hall–Kier alpha value is -2.62. The first-order valence-electron chi connectivity index (χ1n) is 16.6. The third-order valence-corrected chi connectivity index (χ3v) is 12.6. The van der Waals surface area contributed by atoms with E-state index in [1.54, 1.807) is 0 Å². The molecule has 0 spiro atoms. The quantitative estimate of drug-likeness (QED) is 0.338. The molecule has 5 aliphatic heterocycles. The molecule has 49 heavy (non-hydrogen) atoms.